The first-order valence-corrected chi connectivity index (χ1v) is 11.6. The zero-order valence-corrected chi connectivity index (χ0v) is 18.8. The Bertz CT molecular complexity index is 1100. The summed E-state index contributed by atoms with van der Waals surface area (Å²) >= 11 is 0. The highest BCUT2D eigenvalue weighted by Crippen LogP contribution is 2.34. The van der Waals surface area contributed by atoms with Crippen LogP contribution in [0.2, 0.25) is 0 Å². The van der Waals surface area contributed by atoms with E-state index in [0.29, 0.717) is 24.2 Å². The van der Waals surface area contributed by atoms with Gasteiger partial charge in [-0.25, -0.2) is 14.5 Å². The summed E-state index contributed by atoms with van der Waals surface area (Å²) in [4.78, 5) is 15.9. The van der Waals surface area contributed by atoms with Gasteiger partial charge in [-0.2, -0.15) is 8.78 Å². The van der Waals surface area contributed by atoms with Crippen molar-refractivity contribution >= 4 is 5.97 Å². The van der Waals surface area contributed by atoms with Crippen molar-refractivity contribution in [3.05, 3.63) is 71.3 Å². The van der Waals surface area contributed by atoms with Crippen LogP contribution in [0.4, 0.5) is 8.78 Å². The average molecular weight is 454 g/mol. The van der Waals surface area contributed by atoms with Gasteiger partial charge in [-0.1, -0.05) is 68.7 Å². The molecule has 2 aromatic carbocycles. The van der Waals surface area contributed by atoms with E-state index in [1.807, 2.05) is 24.3 Å². The van der Waals surface area contributed by atoms with Crippen molar-refractivity contribution in [2.24, 2.45) is 0 Å². The lowest BCUT2D eigenvalue weighted by atomic mass is 9.95. The number of nitrogens with zero attached hydrogens (tertiary/aromatic N) is 3. The summed E-state index contributed by atoms with van der Waals surface area (Å²) in [6.45, 7) is 1.73. The lowest BCUT2D eigenvalue weighted by Crippen LogP contribution is -2.19. The van der Waals surface area contributed by atoms with Crippen LogP contribution in [-0.2, 0) is 12.3 Å². The molecule has 0 radical (unpaired) electrons. The molecule has 1 aromatic heterocycles. The maximum atomic E-state index is 14.6. The van der Waals surface area contributed by atoms with E-state index in [1.54, 1.807) is 35.9 Å². The standard InChI is InChI=1S/C26H29F2N3O2/c1-2-16-26(27,28)25-29-23(31(30-25)20-8-4-3-5-9-20)17-18-12-14-19(15-13-18)21-10-6-7-11-22(21)24(32)33/h6-7,10-15,20H,2-5,8-9,16-17H2,1H3,(H,32,33). The van der Waals surface area contributed by atoms with Crippen LogP contribution in [-0.4, -0.2) is 25.8 Å². The topological polar surface area (TPSA) is 68.0 Å². The summed E-state index contributed by atoms with van der Waals surface area (Å²) in [6.07, 6.45) is 5.66. The molecule has 1 heterocycles. The van der Waals surface area contributed by atoms with Crippen molar-refractivity contribution in [2.45, 2.75) is 70.3 Å². The van der Waals surface area contributed by atoms with Crippen molar-refractivity contribution in [1.29, 1.82) is 0 Å². The third-order valence-corrected chi connectivity index (χ3v) is 6.30. The minimum absolute atomic E-state index is 0.106. The van der Waals surface area contributed by atoms with Crippen LogP contribution < -0.4 is 0 Å². The van der Waals surface area contributed by atoms with Gasteiger partial charge in [0.15, 0.2) is 0 Å². The molecular formula is C26H29F2N3O2. The summed E-state index contributed by atoms with van der Waals surface area (Å²) in [5, 5.41) is 13.8. The smallest absolute Gasteiger partial charge is 0.336 e. The molecule has 1 N–H and O–H groups in total. The SMILES string of the molecule is CCCC(F)(F)c1nc(Cc2ccc(-c3ccccc3C(=O)O)cc2)n(C2CCCCC2)n1. The predicted octanol–water partition coefficient (Wildman–Crippen LogP) is 6.63. The third-order valence-electron chi connectivity index (χ3n) is 6.30. The van der Waals surface area contributed by atoms with Crippen molar-refractivity contribution < 1.29 is 18.7 Å². The minimum atomic E-state index is -3.03. The molecule has 0 amide bonds. The molecule has 33 heavy (non-hydrogen) atoms. The maximum Gasteiger partial charge on any atom is 0.336 e. The van der Waals surface area contributed by atoms with Gasteiger partial charge in [-0.3, -0.25) is 0 Å². The number of alkyl halides is 2. The van der Waals surface area contributed by atoms with Crippen LogP contribution in [0.25, 0.3) is 11.1 Å². The predicted molar refractivity (Wildman–Crippen MR) is 123 cm³/mol. The van der Waals surface area contributed by atoms with E-state index >= 15 is 0 Å². The summed E-state index contributed by atoms with van der Waals surface area (Å²) < 4.78 is 31.0. The maximum absolute atomic E-state index is 14.6. The number of carboxylic acids is 1. The van der Waals surface area contributed by atoms with Crippen molar-refractivity contribution in [3.8, 4) is 11.1 Å². The molecule has 1 saturated carbocycles. The van der Waals surface area contributed by atoms with E-state index in [2.05, 4.69) is 10.1 Å². The number of benzene rings is 2. The van der Waals surface area contributed by atoms with E-state index in [-0.39, 0.29) is 23.9 Å². The molecule has 1 aliphatic rings. The summed E-state index contributed by atoms with van der Waals surface area (Å²) in [5.74, 6) is -3.83. The fourth-order valence-electron chi connectivity index (χ4n) is 4.58. The quantitative estimate of drug-likeness (QED) is 0.416. The van der Waals surface area contributed by atoms with Crippen LogP contribution in [0.15, 0.2) is 48.5 Å². The van der Waals surface area contributed by atoms with Crippen LogP contribution in [0.5, 0.6) is 0 Å². The molecule has 0 unspecified atom stereocenters. The fraction of sp³-hybridized carbons (Fsp3) is 0.423. The molecule has 7 heteroatoms. The molecule has 5 nitrogen and oxygen atoms in total. The number of halogens is 2. The summed E-state index contributed by atoms with van der Waals surface area (Å²) in [6, 6.07) is 14.5. The van der Waals surface area contributed by atoms with Gasteiger partial charge in [0.05, 0.1) is 11.6 Å². The third kappa shape index (κ3) is 5.13. The largest absolute Gasteiger partial charge is 0.478 e. The molecule has 3 aromatic rings. The first-order valence-electron chi connectivity index (χ1n) is 11.6. The zero-order valence-electron chi connectivity index (χ0n) is 18.8. The first-order chi connectivity index (χ1) is 15.9. The molecule has 0 bridgehead atoms. The first kappa shape index (κ1) is 23.1. The fourth-order valence-corrected chi connectivity index (χ4v) is 4.58. The highest BCUT2D eigenvalue weighted by atomic mass is 19.3. The van der Waals surface area contributed by atoms with E-state index in [0.717, 1.165) is 36.8 Å². The second-order valence-electron chi connectivity index (χ2n) is 8.77. The van der Waals surface area contributed by atoms with Gasteiger partial charge < -0.3 is 5.11 Å². The second-order valence-corrected chi connectivity index (χ2v) is 8.77. The number of rotatable bonds is 8. The Morgan fingerprint density at radius 1 is 1.09 bits per heavy atom. The number of aromatic carboxylic acids is 1. The monoisotopic (exact) mass is 453 g/mol. The van der Waals surface area contributed by atoms with Gasteiger partial charge in [0.1, 0.15) is 5.82 Å². The van der Waals surface area contributed by atoms with E-state index in [1.165, 1.54) is 6.42 Å². The molecule has 0 spiro atoms. The van der Waals surface area contributed by atoms with Gasteiger partial charge in [-0.15, -0.1) is 5.10 Å². The Morgan fingerprint density at radius 3 is 2.45 bits per heavy atom. The van der Waals surface area contributed by atoms with Crippen molar-refractivity contribution in [1.82, 2.24) is 14.8 Å². The van der Waals surface area contributed by atoms with Crippen molar-refractivity contribution in [2.75, 3.05) is 0 Å². The van der Waals surface area contributed by atoms with Crippen LogP contribution in [0.1, 0.15) is 85.5 Å². The summed E-state index contributed by atoms with van der Waals surface area (Å²) in [5.41, 5.74) is 2.59. The Hall–Kier alpha value is -3.09. The number of hydrogen-bond donors (Lipinski definition) is 1. The Balaban J connectivity index is 1.63. The Labute approximate surface area is 192 Å². The van der Waals surface area contributed by atoms with Crippen LogP contribution >= 0.6 is 0 Å². The molecular weight excluding hydrogens is 424 g/mol. The van der Waals surface area contributed by atoms with E-state index in [4.69, 9.17) is 0 Å². The van der Waals surface area contributed by atoms with Crippen molar-refractivity contribution in [3.63, 3.8) is 0 Å². The highest BCUT2D eigenvalue weighted by molar-refractivity contribution is 5.95. The van der Waals surface area contributed by atoms with Gasteiger partial charge >= 0.3 is 11.9 Å². The number of aromatic nitrogens is 3. The van der Waals surface area contributed by atoms with Gasteiger partial charge in [0.25, 0.3) is 0 Å². The van der Waals surface area contributed by atoms with Gasteiger partial charge in [-0.05, 0) is 42.0 Å². The van der Waals surface area contributed by atoms with E-state index < -0.39 is 11.9 Å². The minimum Gasteiger partial charge on any atom is -0.478 e. The lowest BCUT2D eigenvalue weighted by molar-refractivity contribution is -0.0234. The Morgan fingerprint density at radius 2 is 1.79 bits per heavy atom. The number of hydrogen-bond acceptors (Lipinski definition) is 3. The molecule has 174 valence electrons. The van der Waals surface area contributed by atoms with Crippen LogP contribution in [0.3, 0.4) is 0 Å². The molecule has 0 aliphatic heterocycles. The molecule has 0 atom stereocenters. The normalized spacial score (nSPS) is 15.0. The lowest BCUT2D eigenvalue weighted by Gasteiger charge is -2.23. The Kier molecular flexibility index (Phi) is 6.86. The molecule has 4 rings (SSSR count). The average Bonchev–Trinajstić information content (AvgIpc) is 3.25. The van der Waals surface area contributed by atoms with E-state index in [9.17, 15) is 18.7 Å². The molecule has 1 aliphatic carbocycles. The molecule has 0 saturated heterocycles. The van der Waals surface area contributed by atoms with Gasteiger partial charge in [0.2, 0.25) is 5.82 Å². The zero-order chi connectivity index (χ0) is 23.4. The summed E-state index contributed by atoms with van der Waals surface area (Å²) in [7, 11) is 0. The van der Waals surface area contributed by atoms with Gasteiger partial charge in [0, 0.05) is 12.8 Å². The molecule has 1 fully saturated rings. The van der Waals surface area contributed by atoms with Crippen LogP contribution in [0, 0.1) is 0 Å². The highest BCUT2D eigenvalue weighted by Gasteiger charge is 2.37. The number of carboxylic acid groups (broad SMARTS) is 1. The second kappa shape index (κ2) is 9.81. The number of carbonyl (C=O) groups is 1.